The molecule has 17 heavy (non-hydrogen) atoms. The molecule has 0 fully saturated rings. The fraction of sp³-hybridized carbons (Fsp3) is 0.250. The number of alkyl halides is 3. The Bertz CT molecular complexity index is 514. The highest BCUT2D eigenvalue weighted by atomic mass is 19.4. The van der Waals surface area contributed by atoms with Crippen LogP contribution < -0.4 is 0 Å². The Morgan fingerprint density at radius 3 is 2.65 bits per heavy atom. The van der Waals surface area contributed by atoms with Gasteiger partial charge < -0.3 is 0 Å². The van der Waals surface area contributed by atoms with Crippen LogP contribution in [0.5, 0.6) is 0 Å². The van der Waals surface area contributed by atoms with Crippen LogP contribution in [0, 0.1) is 6.92 Å². The third-order valence-corrected chi connectivity index (χ3v) is 2.58. The molecule has 1 heterocycles. The van der Waals surface area contributed by atoms with Crippen LogP contribution in [0.15, 0.2) is 30.5 Å². The maximum absolute atomic E-state index is 12.5. The molecule has 1 aromatic carbocycles. The molecule has 0 radical (unpaired) electrons. The van der Waals surface area contributed by atoms with Crippen molar-refractivity contribution in [3.63, 3.8) is 0 Å². The normalized spacial score (nSPS) is 11.8. The van der Waals surface area contributed by atoms with Gasteiger partial charge in [0, 0.05) is 12.1 Å². The smallest absolute Gasteiger partial charge is 0.283 e. The number of aromatic nitrogens is 2. The molecule has 0 amide bonds. The van der Waals surface area contributed by atoms with Gasteiger partial charge in [-0.15, -0.1) is 0 Å². The van der Waals surface area contributed by atoms with Gasteiger partial charge >= 0.3 is 6.18 Å². The Morgan fingerprint density at radius 1 is 1.29 bits per heavy atom. The zero-order valence-electron chi connectivity index (χ0n) is 9.17. The number of rotatable bonds is 2. The number of nitrogens with one attached hydrogen (secondary N) is 1. The zero-order valence-corrected chi connectivity index (χ0v) is 9.17. The van der Waals surface area contributed by atoms with E-state index in [1.165, 1.54) is 12.1 Å². The van der Waals surface area contributed by atoms with Crippen molar-refractivity contribution in [1.29, 1.82) is 0 Å². The Morgan fingerprint density at radius 2 is 2.06 bits per heavy atom. The molecular weight excluding hydrogens is 229 g/mol. The third-order valence-electron chi connectivity index (χ3n) is 2.58. The lowest BCUT2D eigenvalue weighted by atomic mass is 10.0. The first-order chi connectivity index (χ1) is 7.97. The van der Waals surface area contributed by atoms with Crippen molar-refractivity contribution >= 4 is 0 Å². The average Bonchev–Trinajstić information content (AvgIpc) is 2.64. The lowest BCUT2D eigenvalue weighted by molar-refractivity contribution is -0.137. The third kappa shape index (κ3) is 2.67. The summed E-state index contributed by atoms with van der Waals surface area (Å²) in [7, 11) is 0. The second-order valence-corrected chi connectivity index (χ2v) is 3.90. The van der Waals surface area contributed by atoms with E-state index in [4.69, 9.17) is 0 Å². The van der Waals surface area contributed by atoms with Gasteiger partial charge in [-0.3, -0.25) is 5.10 Å². The number of halogens is 3. The average molecular weight is 240 g/mol. The number of nitrogens with zero attached hydrogens (tertiary/aromatic N) is 1. The summed E-state index contributed by atoms with van der Waals surface area (Å²) in [6.07, 6.45) is -2.21. The summed E-state index contributed by atoms with van der Waals surface area (Å²) in [6.45, 7) is 1.84. The lowest BCUT2D eigenvalue weighted by Crippen LogP contribution is -2.05. The Balaban J connectivity index is 2.26. The van der Waals surface area contributed by atoms with Gasteiger partial charge in [0.25, 0.3) is 0 Å². The minimum absolute atomic E-state index is 0.451. The topological polar surface area (TPSA) is 28.7 Å². The number of H-pyrrole nitrogens is 1. The van der Waals surface area contributed by atoms with Crippen molar-refractivity contribution in [2.24, 2.45) is 0 Å². The maximum Gasteiger partial charge on any atom is 0.416 e. The van der Waals surface area contributed by atoms with E-state index >= 15 is 0 Å². The number of hydrogen-bond donors (Lipinski definition) is 1. The first-order valence-electron chi connectivity index (χ1n) is 5.12. The quantitative estimate of drug-likeness (QED) is 0.857. The van der Waals surface area contributed by atoms with E-state index in [9.17, 15) is 13.2 Å². The summed E-state index contributed by atoms with van der Waals surface area (Å²) in [5.41, 5.74) is 1.80. The summed E-state index contributed by atoms with van der Waals surface area (Å²) in [5.74, 6) is 0. The van der Waals surface area contributed by atoms with Crippen LogP contribution in [0.1, 0.15) is 22.4 Å². The second kappa shape index (κ2) is 4.24. The first-order valence-corrected chi connectivity index (χ1v) is 5.12. The fourth-order valence-corrected chi connectivity index (χ4v) is 1.63. The molecule has 0 bridgehead atoms. The Hall–Kier alpha value is -1.78. The fourth-order valence-electron chi connectivity index (χ4n) is 1.63. The molecular formula is C12H11F3N2. The zero-order chi connectivity index (χ0) is 12.5. The van der Waals surface area contributed by atoms with Crippen molar-refractivity contribution in [2.45, 2.75) is 19.5 Å². The molecule has 1 aromatic heterocycles. The number of aromatic amines is 1. The van der Waals surface area contributed by atoms with Gasteiger partial charge in [0.1, 0.15) is 0 Å². The monoisotopic (exact) mass is 240 g/mol. The molecule has 90 valence electrons. The molecule has 0 aliphatic rings. The summed E-state index contributed by atoms with van der Waals surface area (Å²) < 4.78 is 37.5. The number of benzene rings is 1. The lowest BCUT2D eigenvalue weighted by Gasteiger charge is -2.08. The van der Waals surface area contributed by atoms with E-state index in [1.54, 1.807) is 12.3 Å². The van der Waals surface area contributed by atoms with E-state index in [2.05, 4.69) is 10.2 Å². The van der Waals surface area contributed by atoms with Crippen molar-refractivity contribution in [3.05, 3.63) is 52.8 Å². The maximum atomic E-state index is 12.5. The molecule has 0 saturated heterocycles. The summed E-state index contributed by atoms with van der Waals surface area (Å²) in [4.78, 5) is 0. The second-order valence-electron chi connectivity index (χ2n) is 3.90. The van der Waals surface area contributed by atoms with Gasteiger partial charge in [0.2, 0.25) is 0 Å². The van der Waals surface area contributed by atoms with Crippen LogP contribution in [0.4, 0.5) is 13.2 Å². The van der Waals surface area contributed by atoms with Crippen molar-refractivity contribution in [2.75, 3.05) is 0 Å². The highest BCUT2D eigenvalue weighted by Gasteiger charge is 2.30. The van der Waals surface area contributed by atoms with Gasteiger partial charge in [-0.2, -0.15) is 18.3 Å². The predicted molar refractivity (Wildman–Crippen MR) is 57.6 cm³/mol. The molecule has 2 nitrogen and oxygen atoms in total. The van der Waals surface area contributed by atoms with E-state index in [1.807, 2.05) is 6.92 Å². The molecule has 0 unspecified atom stereocenters. The first kappa shape index (κ1) is 11.7. The molecule has 0 saturated carbocycles. The highest BCUT2D eigenvalue weighted by molar-refractivity contribution is 5.31. The van der Waals surface area contributed by atoms with Crippen LogP contribution in [-0.4, -0.2) is 10.2 Å². The van der Waals surface area contributed by atoms with Gasteiger partial charge in [-0.1, -0.05) is 18.2 Å². The summed E-state index contributed by atoms with van der Waals surface area (Å²) in [5, 5.41) is 6.60. The highest BCUT2D eigenvalue weighted by Crippen LogP contribution is 2.30. The van der Waals surface area contributed by atoms with Crippen LogP contribution in [0.2, 0.25) is 0 Å². The molecule has 0 atom stereocenters. The minimum Gasteiger partial charge on any atom is -0.283 e. The Labute approximate surface area is 96.5 Å². The molecule has 0 aliphatic heterocycles. The molecule has 0 spiro atoms. The van der Waals surface area contributed by atoms with Crippen LogP contribution in [0.3, 0.4) is 0 Å². The summed E-state index contributed by atoms with van der Waals surface area (Å²) >= 11 is 0. The van der Waals surface area contributed by atoms with Gasteiger partial charge in [0.15, 0.2) is 0 Å². The largest absolute Gasteiger partial charge is 0.416 e. The standard InChI is InChI=1S/C12H11F3N2/c1-8-10(7-16-17-8)5-9-3-2-4-11(6-9)12(13,14)15/h2-4,6-7H,5H2,1H3,(H,16,17). The SMILES string of the molecule is Cc1[nH]ncc1Cc1cccc(C(F)(F)F)c1. The van der Waals surface area contributed by atoms with Crippen LogP contribution in [0.25, 0.3) is 0 Å². The van der Waals surface area contributed by atoms with Crippen molar-refractivity contribution < 1.29 is 13.2 Å². The van der Waals surface area contributed by atoms with E-state index in [0.29, 0.717) is 12.0 Å². The number of hydrogen-bond acceptors (Lipinski definition) is 1. The molecule has 2 rings (SSSR count). The van der Waals surface area contributed by atoms with Crippen LogP contribution in [-0.2, 0) is 12.6 Å². The van der Waals surface area contributed by atoms with E-state index < -0.39 is 11.7 Å². The molecule has 0 aliphatic carbocycles. The summed E-state index contributed by atoms with van der Waals surface area (Å²) in [6, 6.07) is 5.35. The molecule has 2 aromatic rings. The minimum atomic E-state index is -4.29. The van der Waals surface area contributed by atoms with Crippen LogP contribution >= 0.6 is 0 Å². The van der Waals surface area contributed by atoms with Gasteiger partial charge in [0.05, 0.1) is 11.8 Å². The van der Waals surface area contributed by atoms with E-state index in [0.717, 1.165) is 17.3 Å². The Kier molecular flexibility index (Phi) is 2.92. The van der Waals surface area contributed by atoms with Gasteiger partial charge in [-0.05, 0) is 24.1 Å². The molecule has 1 N–H and O–H groups in total. The predicted octanol–water partition coefficient (Wildman–Crippen LogP) is 3.33. The van der Waals surface area contributed by atoms with E-state index in [-0.39, 0.29) is 0 Å². The molecule has 5 heteroatoms. The van der Waals surface area contributed by atoms with Crippen molar-refractivity contribution in [3.8, 4) is 0 Å². The number of aryl methyl sites for hydroxylation is 1. The van der Waals surface area contributed by atoms with Crippen molar-refractivity contribution in [1.82, 2.24) is 10.2 Å². The van der Waals surface area contributed by atoms with Gasteiger partial charge in [-0.25, -0.2) is 0 Å².